The number of nitrogen functional groups attached to an aromatic ring is 2. The third-order valence-electron chi connectivity index (χ3n) is 4.65. The van der Waals surface area contributed by atoms with Crippen molar-refractivity contribution in [3.63, 3.8) is 0 Å². The van der Waals surface area contributed by atoms with Crippen molar-refractivity contribution in [3.8, 4) is 17.2 Å². The van der Waals surface area contributed by atoms with Crippen LogP contribution in [0.4, 0.5) is 11.4 Å². The molecule has 3 rings (SSSR count). The lowest BCUT2D eigenvalue weighted by Crippen LogP contribution is -2.25. The largest absolute Gasteiger partial charge is 0.508 e. The molecule has 128 valence electrons. The minimum atomic E-state index is -0.655. The fraction of sp³-hybridized carbons (Fsp3) is 0.100. The molecule has 0 atom stereocenters. The quantitative estimate of drug-likeness (QED) is 0.286. The van der Waals surface area contributed by atoms with E-state index in [1.54, 1.807) is 48.5 Å². The van der Waals surface area contributed by atoms with E-state index in [1.807, 2.05) is 19.1 Å². The molecule has 0 spiro atoms. The van der Waals surface area contributed by atoms with E-state index >= 15 is 0 Å². The maximum absolute atomic E-state index is 9.76. The zero-order chi connectivity index (χ0) is 18.2. The zero-order valence-corrected chi connectivity index (χ0v) is 13.8. The second kappa shape index (κ2) is 5.94. The molecule has 7 N–H and O–H groups in total. The summed E-state index contributed by atoms with van der Waals surface area (Å²) in [6, 6.07) is 17.0. The van der Waals surface area contributed by atoms with Crippen molar-refractivity contribution in [1.29, 1.82) is 0 Å². The second-order valence-electron chi connectivity index (χ2n) is 6.22. The van der Waals surface area contributed by atoms with Gasteiger partial charge in [-0.1, -0.05) is 24.3 Å². The summed E-state index contributed by atoms with van der Waals surface area (Å²) in [6.07, 6.45) is 0. The summed E-state index contributed by atoms with van der Waals surface area (Å²) in [5, 5.41) is 29.1. The molecule has 0 aliphatic rings. The van der Waals surface area contributed by atoms with Crippen molar-refractivity contribution in [1.82, 2.24) is 0 Å². The molecule has 0 aromatic heterocycles. The van der Waals surface area contributed by atoms with Crippen molar-refractivity contribution in [2.24, 2.45) is 0 Å². The number of phenolic OH excluding ortho intramolecular Hbond substituents is 3. The summed E-state index contributed by atoms with van der Waals surface area (Å²) in [7, 11) is 0. The smallest absolute Gasteiger partial charge is 0.138 e. The number of hydrogen-bond acceptors (Lipinski definition) is 5. The number of anilines is 2. The van der Waals surface area contributed by atoms with E-state index < -0.39 is 5.41 Å². The minimum Gasteiger partial charge on any atom is -0.508 e. The van der Waals surface area contributed by atoms with Crippen LogP contribution in [0.25, 0.3) is 0 Å². The van der Waals surface area contributed by atoms with Crippen LogP contribution < -0.4 is 11.5 Å². The van der Waals surface area contributed by atoms with Gasteiger partial charge in [0.2, 0.25) is 0 Å². The first kappa shape index (κ1) is 16.5. The summed E-state index contributed by atoms with van der Waals surface area (Å²) >= 11 is 0. The zero-order valence-electron chi connectivity index (χ0n) is 13.8. The molecule has 0 aliphatic heterocycles. The number of nitrogens with two attached hydrogens (primary N) is 2. The van der Waals surface area contributed by atoms with E-state index in [9.17, 15) is 15.3 Å². The van der Waals surface area contributed by atoms with Crippen molar-refractivity contribution in [2.75, 3.05) is 11.5 Å². The van der Waals surface area contributed by atoms with Crippen LogP contribution >= 0.6 is 0 Å². The highest BCUT2D eigenvalue weighted by atomic mass is 16.3. The predicted octanol–water partition coefficient (Wildman–Crippen LogP) is 3.32. The Kier molecular flexibility index (Phi) is 3.93. The van der Waals surface area contributed by atoms with Gasteiger partial charge in [0.05, 0.1) is 11.4 Å². The Morgan fingerprint density at radius 1 is 0.640 bits per heavy atom. The average molecular weight is 336 g/mol. The lowest BCUT2D eigenvalue weighted by Gasteiger charge is -2.32. The van der Waals surface area contributed by atoms with E-state index in [0.29, 0.717) is 0 Å². The van der Waals surface area contributed by atoms with Gasteiger partial charge >= 0.3 is 0 Å². The van der Waals surface area contributed by atoms with Gasteiger partial charge in [0.25, 0.3) is 0 Å². The first-order chi connectivity index (χ1) is 11.8. The molecule has 5 nitrogen and oxygen atoms in total. The number of aromatic hydroxyl groups is 3. The summed E-state index contributed by atoms with van der Waals surface area (Å²) in [5.74, 6) is 0.200. The van der Waals surface area contributed by atoms with Crippen LogP contribution in [-0.2, 0) is 5.41 Å². The normalized spacial score (nSPS) is 11.4. The third-order valence-corrected chi connectivity index (χ3v) is 4.65. The number of benzene rings is 3. The second-order valence-corrected chi connectivity index (χ2v) is 6.22. The fourth-order valence-electron chi connectivity index (χ4n) is 3.03. The van der Waals surface area contributed by atoms with Gasteiger partial charge in [0, 0.05) is 5.41 Å². The van der Waals surface area contributed by atoms with Gasteiger partial charge in [0.15, 0.2) is 0 Å². The van der Waals surface area contributed by atoms with E-state index in [4.69, 9.17) is 11.5 Å². The van der Waals surface area contributed by atoms with Crippen molar-refractivity contribution >= 4 is 11.4 Å². The standard InChI is InChI=1S/C20H20N2O3/c1-20(12-2-6-15(23)7-3-12,13-4-8-18(24)16(21)10-13)14-5-9-19(25)17(22)11-14/h2-11,23-25H,21-22H2,1H3. The number of rotatable bonds is 3. The van der Waals surface area contributed by atoms with Crippen molar-refractivity contribution < 1.29 is 15.3 Å². The molecule has 0 aliphatic carbocycles. The Morgan fingerprint density at radius 3 is 1.44 bits per heavy atom. The average Bonchev–Trinajstić information content (AvgIpc) is 2.59. The van der Waals surface area contributed by atoms with E-state index in [-0.39, 0.29) is 28.6 Å². The molecule has 5 heteroatoms. The van der Waals surface area contributed by atoms with E-state index in [1.165, 1.54) is 0 Å². The first-order valence-corrected chi connectivity index (χ1v) is 7.80. The van der Waals surface area contributed by atoms with Gasteiger partial charge in [-0.05, 0) is 60.0 Å². The van der Waals surface area contributed by atoms with Crippen LogP contribution in [0.3, 0.4) is 0 Å². The summed E-state index contributed by atoms with van der Waals surface area (Å²) in [6.45, 7) is 2.00. The van der Waals surface area contributed by atoms with Crippen LogP contribution in [0.5, 0.6) is 17.2 Å². The molecule has 0 unspecified atom stereocenters. The molecule has 0 heterocycles. The molecule has 3 aromatic rings. The Hall–Kier alpha value is -3.34. The molecule has 0 bridgehead atoms. The highest BCUT2D eigenvalue weighted by Gasteiger charge is 2.32. The highest BCUT2D eigenvalue weighted by Crippen LogP contribution is 2.42. The number of hydrogen-bond donors (Lipinski definition) is 5. The van der Waals surface area contributed by atoms with Crippen LogP contribution in [0.1, 0.15) is 23.6 Å². The van der Waals surface area contributed by atoms with Crippen LogP contribution in [0.2, 0.25) is 0 Å². The molecule has 0 amide bonds. The third kappa shape index (κ3) is 2.80. The molecule has 3 aromatic carbocycles. The number of phenols is 3. The van der Waals surface area contributed by atoms with Crippen molar-refractivity contribution in [3.05, 3.63) is 77.4 Å². The fourth-order valence-corrected chi connectivity index (χ4v) is 3.03. The van der Waals surface area contributed by atoms with E-state index in [0.717, 1.165) is 16.7 Å². The van der Waals surface area contributed by atoms with Gasteiger partial charge in [0.1, 0.15) is 17.2 Å². The first-order valence-electron chi connectivity index (χ1n) is 7.80. The van der Waals surface area contributed by atoms with Gasteiger partial charge in [-0.2, -0.15) is 0 Å². The monoisotopic (exact) mass is 336 g/mol. The molecular weight excluding hydrogens is 316 g/mol. The molecule has 0 saturated carbocycles. The van der Waals surface area contributed by atoms with Crippen LogP contribution in [-0.4, -0.2) is 15.3 Å². The molecular formula is C20H20N2O3. The summed E-state index contributed by atoms with van der Waals surface area (Å²) in [5.41, 5.74) is 14.3. The molecule has 0 radical (unpaired) electrons. The van der Waals surface area contributed by atoms with E-state index in [2.05, 4.69) is 0 Å². The lowest BCUT2D eigenvalue weighted by atomic mass is 9.71. The molecule has 0 fully saturated rings. The van der Waals surface area contributed by atoms with Crippen LogP contribution in [0.15, 0.2) is 60.7 Å². The molecule has 0 saturated heterocycles. The lowest BCUT2D eigenvalue weighted by molar-refractivity contribution is 0.474. The molecule has 25 heavy (non-hydrogen) atoms. The Balaban J connectivity index is 2.28. The minimum absolute atomic E-state index is 0.0158. The summed E-state index contributed by atoms with van der Waals surface area (Å²) < 4.78 is 0. The van der Waals surface area contributed by atoms with Gasteiger partial charge in [-0.25, -0.2) is 0 Å². The highest BCUT2D eigenvalue weighted by molar-refractivity contribution is 5.62. The summed E-state index contributed by atoms with van der Waals surface area (Å²) in [4.78, 5) is 0. The predicted molar refractivity (Wildman–Crippen MR) is 98.7 cm³/mol. The Morgan fingerprint density at radius 2 is 1.04 bits per heavy atom. The topological polar surface area (TPSA) is 113 Å². The Bertz CT molecular complexity index is 869. The van der Waals surface area contributed by atoms with Gasteiger partial charge < -0.3 is 26.8 Å². The Labute approximate surface area is 145 Å². The SMILES string of the molecule is CC(c1ccc(O)cc1)(c1ccc(O)c(N)c1)c1ccc(O)c(N)c1. The maximum Gasteiger partial charge on any atom is 0.138 e. The van der Waals surface area contributed by atoms with Gasteiger partial charge in [-0.3, -0.25) is 0 Å². The maximum atomic E-state index is 9.76. The van der Waals surface area contributed by atoms with Crippen molar-refractivity contribution in [2.45, 2.75) is 12.3 Å². The van der Waals surface area contributed by atoms with Crippen LogP contribution in [0, 0.1) is 0 Å². The van der Waals surface area contributed by atoms with Gasteiger partial charge in [-0.15, -0.1) is 0 Å².